The highest BCUT2D eigenvalue weighted by Gasteiger charge is 2.22. The van der Waals surface area contributed by atoms with Crippen LogP contribution < -0.4 is 10.1 Å². The molecule has 136 valence electrons. The number of ether oxygens (including phenoxy) is 1. The summed E-state index contributed by atoms with van der Waals surface area (Å²) in [6.07, 6.45) is 8.66. The molecule has 0 amide bonds. The van der Waals surface area contributed by atoms with Crippen LogP contribution in [0.5, 0.6) is 5.75 Å². The van der Waals surface area contributed by atoms with Gasteiger partial charge in [0.15, 0.2) is 0 Å². The van der Waals surface area contributed by atoms with Crippen LogP contribution in [0.25, 0.3) is 11.3 Å². The van der Waals surface area contributed by atoms with E-state index in [4.69, 9.17) is 4.74 Å². The van der Waals surface area contributed by atoms with E-state index in [-0.39, 0.29) is 6.10 Å². The van der Waals surface area contributed by atoms with E-state index in [1.165, 1.54) is 24.8 Å². The lowest BCUT2D eigenvalue weighted by atomic mass is 9.83. The molecule has 0 aliphatic heterocycles. The van der Waals surface area contributed by atoms with Crippen molar-refractivity contribution in [3.05, 3.63) is 36.0 Å². The Balaban J connectivity index is 1.45. The zero-order chi connectivity index (χ0) is 17.5. The van der Waals surface area contributed by atoms with E-state index >= 15 is 0 Å². The highest BCUT2D eigenvalue weighted by molar-refractivity contribution is 5.63. The van der Waals surface area contributed by atoms with Gasteiger partial charge < -0.3 is 15.2 Å². The lowest BCUT2D eigenvalue weighted by molar-refractivity contribution is 0.0643. The van der Waals surface area contributed by atoms with Gasteiger partial charge in [-0.3, -0.25) is 5.10 Å². The number of benzene rings is 1. The number of nitrogens with zero attached hydrogens (tertiary/aromatic N) is 1. The van der Waals surface area contributed by atoms with Crippen LogP contribution in [-0.2, 0) is 6.54 Å². The summed E-state index contributed by atoms with van der Waals surface area (Å²) in [5, 5.41) is 20.8. The second-order valence-corrected chi connectivity index (χ2v) is 6.93. The van der Waals surface area contributed by atoms with E-state index in [0.717, 1.165) is 49.4 Å². The van der Waals surface area contributed by atoms with Gasteiger partial charge in [0.2, 0.25) is 0 Å². The molecule has 25 heavy (non-hydrogen) atoms. The number of aromatic nitrogens is 2. The summed E-state index contributed by atoms with van der Waals surface area (Å²) in [6.45, 7) is 1.77. The van der Waals surface area contributed by atoms with Crippen LogP contribution in [0, 0.1) is 5.92 Å². The maximum atomic E-state index is 10.0. The summed E-state index contributed by atoms with van der Waals surface area (Å²) in [6, 6.07) is 8.01. The van der Waals surface area contributed by atoms with Gasteiger partial charge in [-0.15, -0.1) is 0 Å². The standard InChI is InChI=1S/C20H29N3O2/c1-25-18-10-8-16(9-11-18)20-17(14-22-23-20)13-21-12-4-6-15-5-2-3-7-19(15)24/h8-11,14-15,19,21,24H,2-7,12-13H2,1H3,(H,22,23). The molecule has 5 heteroatoms. The van der Waals surface area contributed by atoms with Crippen LogP contribution in [0.15, 0.2) is 30.5 Å². The first kappa shape index (κ1) is 18.0. The number of rotatable bonds is 8. The van der Waals surface area contributed by atoms with Crippen LogP contribution in [0.4, 0.5) is 0 Å². The van der Waals surface area contributed by atoms with Crippen molar-refractivity contribution in [2.75, 3.05) is 13.7 Å². The fourth-order valence-electron chi connectivity index (χ4n) is 3.69. The van der Waals surface area contributed by atoms with E-state index in [0.29, 0.717) is 5.92 Å². The Bertz CT molecular complexity index is 639. The third kappa shape index (κ3) is 4.83. The number of hydrogen-bond acceptors (Lipinski definition) is 4. The van der Waals surface area contributed by atoms with E-state index in [2.05, 4.69) is 15.5 Å². The number of hydrogen-bond donors (Lipinski definition) is 3. The monoisotopic (exact) mass is 343 g/mol. The van der Waals surface area contributed by atoms with Gasteiger partial charge in [0.05, 0.1) is 25.1 Å². The first-order chi connectivity index (χ1) is 12.3. The highest BCUT2D eigenvalue weighted by Crippen LogP contribution is 2.28. The summed E-state index contributed by atoms with van der Waals surface area (Å²) < 4.78 is 5.21. The van der Waals surface area contributed by atoms with Gasteiger partial charge in [-0.1, -0.05) is 12.8 Å². The quantitative estimate of drug-likeness (QED) is 0.642. The third-order valence-corrected chi connectivity index (χ3v) is 5.21. The molecule has 1 aromatic carbocycles. The molecular formula is C20H29N3O2. The summed E-state index contributed by atoms with van der Waals surface area (Å²) in [7, 11) is 1.67. The Morgan fingerprint density at radius 3 is 2.80 bits per heavy atom. The molecule has 1 heterocycles. The maximum Gasteiger partial charge on any atom is 0.118 e. The molecule has 1 fully saturated rings. The second kappa shape index (κ2) is 9.02. The molecule has 1 aliphatic carbocycles. The van der Waals surface area contributed by atoms with Crippen molar-refractivity contribution in [2.24, 2.45) is 5.92 Å². The lowest BCUT2D eigenvalue weighted by Gasteiger charge is -2.27. The van der Waals surface area contributed by atoms with Gasteiger partial charge >= 0.3 is 0 Å². The molecule has 3 rings (SSSR count). The summed E-state index contributed by atoms with van der Waals surface area (Å²) in [5.74, 6) is 1.35. The summed E-state index contributed by atoms with van der Waals surface area (Å²) in [4.78, 5) is 0. The predicted molar refractivity (Wildman–Crippen MR) is 99.5 cm³/mol. The number of nitrogens with one attached hydrogen (secondary N) is 2. The van der Waals surface area contributed by atoms with Crippen molar-refractivity contribution >= 4 is 0 Å². The molecule has 2 atom stereocenters. The fraction of sp³-hybridized carbons (Fsp3) is 0.550. The van der Waals surface area contributed by atoms with Crippen LogP contribution in [0.2, 0.25) is 0 Å². The Kier molecular flexibility index (Phi) is 6.48. The SMILES string of the molecule is COc1ccc(-c2[nH]ncc2CNCCCC2CCCCC2O)cc1. The molecule has 2 aromatic rings. The zero-order valence-corrected chi connectivity index (χ0v) is 15.0. The molecule has 1 saturated carbocycles. The minimum Gasteiger partial charge on any atom is -0.497 e. The van der Waals surface area contributed by atoms with Gasteiger partial charge in [0.1, 0.15) is 5.75 Å². The molecule has 0 radical (unpaired) electrons. The maximum absolute atomic E-state index is 10.0. The average molecular weight is 343 g/mol. The molecule has 0 spiro atoms. The fourth-order valence-corrected chi connectivity index (χ4v) is 3.69. The van der Waals surface area contributed by atoms with E-state index in [9.17, 15) is 5.11 Å². The minimum absolute atomic E-state index is 0.0794. The van der Waals surface area contributed by atoms with E-state index in [1.807, 2.05) is 30.5 Å². The van der Waals surface area contributed by atoms with Crippen molar-refractivity contribution in [1.82, 2.24) is 15.5 Å². The minimum atomic E-state index is -0.0794. The highest BCUT2D eigenvalue weighted by atomic mass is 16.5. The van der Waals surface area contributed by atoms with Crippen molar-refractivity contribution in [3.63, 3.8) is 0 Å². The smallest absolute Gasteiger partial charge is 0.118 e. The van der Waals surface area contributed by atoms with Crippen LogP contribution in [0.1, 0.15) is 44.1 Å². The van der Waals surface area contributed by atoms with Gasteiger partial charge in [0.25, 0.3) is 0 Å². The Labute approximate surface area is 149 Å². The van der Waals surface area contributed by atoms with Gasteiger partial charge in [-0.25, -0.2) is 0 Å². The molecular weight excluding hydrogens is 314 g/mol. The van der Waals surface area contributed by atoms with Crippen molar-refractivity contribution in [1.29, 1.82) is 0 Å². The van der Waals surface area contributed by atoms with Crippen molar-refractivity contribution in [2.45, 2.75) is 51.2 Å². The number of aliphatic hydroxyl groups excluding tert-OH is 1. The van der Waals surface area contributed by atoms with Crippen LogP contribution >= 0.6 is 0 Å². The van der Waals surface area contributed by atoms with Crippen LogP contribution in [-0.4, -0.2) is 35.1 Å². The van der Waals surface area contributed by atoms with Gasteiger partial charge in [-0.05, 0) is 62.4 Å². The number of H-pyrrole nitrogens is 1. The molecule has 3 N–H and O–H groups in total. The van der Waals surface area contributed by atoms with Crippen molar-refractivity contribution in [3.8, 4) is 17.0 Å². The Morgan fingerprint density at radius 2 is 2.04 bits per heavy atom. The predicted octanol–water partition coefficient (Wildman–Crippen LogP) is 3.51. The largest absolute Gasteiger partial charge is 0.497 e. The molecule has 0 bridgehead atoms. The summed E-state index contributed by atoms with van der Waals surface area (Å²) in [5.41, 5.74) is 3.33. The zero-order valence-electron chi connectivity index (χ0n) is 15.0. The molecule has 1 aliphatic rings. The van der Waals surface area contributed by atoms with E-state index < -0.39 is 0 Å². The van der Waals surface area contributed by atoms with Crippen LogP contribution in [0.3, 0.4) is 0 Å². The third-order valence-electron chi connectivity index (χ3n) is 5.21. The first-order valence-electron chi connectivity index (χ1n) is 9.33. The number of aliphatic hydroxyl groups is 1. The average Bonchev–Trinajstić information content (AvgIpc) is 3.11. The normalized spacial score (nSPS) is 20.6. The lowest BCUT2D eigenvalue weighted by Crippen LogP contribution is -2.25. The number of methoxy groups -OCH3 is 1. The van der Waals surface area contributed by atoms with E-state index in [1.54, 1.807) is 7.11 Å². The Morgan fingerprint density at radius 1 is 1.24 bits per heavy atom. The van der Waals surface area contributed by atoms with Crippen molar-refractivity contribution < 1.29 is 9.84 Å². The molecule has 1 aromatic heterocycles. The van der Waals surface area contributed by atoms with Gasteiger partial charge in [0, 0.05) is 17.7 Å². The first-order valence-corrected chi connectivity index (χ1v) is 9.33. The molecule has 0 saturated heterocycles. The molecule has 5 nitrogen and oxygen atoms in total. The topological polar surface area (TPSA) is 70.2 Å². The Hall–Kier alpha value is -1.85. The second-order valence-electron chi connectivity index (χ2n) is 6.93. The summed E-state index contributed by atoms with van der Waals surface area (Å²) >= 11 is 0. The molecule has 2 unspecified atom stereocenters. The van der Waals surface area contributed by atoms with Gasteiger partial charge in [-0.2, -0.15) is 5.10 Å². The number of aromatic amines is 1.